The van der Waals surface area contributed by atoms with Crippen LogP contribution in [0.1, 0.15) is 5.56 Å². The van der Waals surface area contributed by atoms with Gasteiger partial charge in [0, 0.05) is 10.2 Å². The highest BCUT2D eigenvalue weighted by Gasteiger charge is 2.05. The minimum Gasteiger partial charge on any atom is -0.375 e. The molecule has 0 atom stereocenters. The van der Waals surface area contributed by atoms with Crippen LogP contribution in [0.15, 0.2) is 46.9 Å². The van der Waals surface area contributed by atoms with E-state index in [1.54, 1.807) is 24.3 Å². The second-order valence-corrected chi connectivity index (χ2v) is 5.54. The molecule has 0 aliphatic heterocycles. The Hall–Kier alpha value is -2.03. The number of halogens is 2. The molecule has 0 bridgehead atoms. The molecule has 0 aromatic heterocycles. The molecule has 2 N–H and O–H groups in total. The summed E-state index contributed by atoms with van der Waals surface area (Å²) in [6, 6.07) is 14.2. The normalized spacial score (nSPS) is 9.76. The molecule has 106 valence electrons. The van der Waals surface area contributed by atoms with Crippen LogP contribution in [0.25, 0.3) is 0 Å². The van der Waals surface area contributed by atoms with Crippen LogP contribution in [-0.2, 0) is 4.79 Å². The number of carbonyl (C=O) groups excluding carboxylic acids is 1. The van der Waals surface area contributed by atoms with Crippen molar-refractivity contribution in [3.05, 3.63) is 57.5 Å². The number of rotatable bonds is 4. The van der Waals surface area contributed by atoms with E-state index in [1.807, 2.05) is 24.3 Å². The van der Waals surface area contributed by atoms with Crippen molar-refractivity contribution in [3.63, 3.8) is 0 Å². The van der Waals surface area contributed by atoms with Crippen molar-refractivity contribution < 1.29 is 4.79 Å². The summed E-state index contributed by atoms with van der Waals surface area (Å²) in [4.78, 5) is 11.8. The van der Waals surface area contributed by atoms with Crippen LogP contribution in [0.2, 0.25) is 5.02 Å². The minimum atomic E-state index is -0.187. The van der Waals surface area contributed by atoms with Gasteiger partial charge < -0.3 is 10.6 Å². The predicted molar refractivity (Wildman–Crippen MR) is 87.4 cm³/mol. The molecule has 1 amide bonds. The quantitative estimate of drug-likeness (QED) is 0.861. The third-order valence-corrected chi connectivity index (χ3v) is 3.45. The molecule has 2 aromatic rings. The number of amides is 1. The summed E-state index contributed by atoms with van der Waals surface area (Å²) in [6.07, 6.45) is 0. The lowest BCUT2D eigenvalue weighted by molar-refractivity contribution is -0.114. The Bertz CT molecular complexity index is 712. The van der Waals surface area contributed by atoms with Crippen molar-refractivity contribution in [1.29, 1.82) is 5.26 Å². The van der Waals surface area contributed by atoms with Crippen LogP contribution in [0.3, 0.4) is 0 Å². The SMILES string of the molecule is N#Cc1ccc(NCC(=O)Nc2cccc(Br)c2)c(Cl)c1. The lowest BCUT2D eigenvalue weighted by Crippen LogP contribution is -2.21. The van der Waals surface area contributed by atoms with Crippen LogP contribution >= 0.6 is 27.5 Å². The van der Waals surface area contributed by atoms with E-state index >= 15 is 0 Å². The van der Waals surface area contributed by atoms with E-state index in [0.29, 0.717) is 22.0 Å². The number of anilines is 2. The van der Waals surface area contributed by atoms with E-state index in [9.17, 15) is 4.79 Å². The van der Waals surface area contributed by atoms with E-state index in [-0.39, 0.29) is 12.5 Å². The van der Waals surface area contributed by atoms with E-state index in [1.165, 1.54) is 0 Å². The number of benzene rings is 2. The van der Waals surface area contributed by atoms with E-state index in [4.69, 9.17) is 16.9 Å². The van der Waals surface area contributed by atoms with E-state index < -0.39 is 0 Å². The van der Waals surface area contributed by atoms with Crippen molar-refractivity contribution in [2.45, 2.75) is 0 Å². The lowest BCUT2D eigenvalue weighted by Gasteiger charge is -2.09. The van der Waals surface area contributed by atoms with Crippen LogP contribution < -0.4 is 10.6 Å². The molecule has 0 aliphatic rings. The third kappa shape index (κ3) is 4.48. The number of carbonyl (C=O) groups is 1. The summed E-state index contributed by atoms with van der Waals surface area (Å²) in [5, 5.41) is 14.9. The van der Waals surface area contributed by atoms with Crippen LogP contribution in [0.5, 0.6) is 0 Å². The summed E-state index contributed by atoms with van der Waals surface area (Å²) in [6.45, 7) is 0.0815. The van der Waals surface area contributed by atoms with Gasteiger partial charge in [-0.25, -0.2) is 0 Å². The van der Waals surface area contributed by atoms with Crippen molar-refractivity contribution in [3.8, 4) is 6.07 Å². The molecule has 0 aliphatic carbocycles. The van der Waals surface area contributed by atoms with Gasteiger partial charge in [-0.3, -0.25) is 4.79 Å². The zero-order valence-electron chi connectivity index (χ0n) is 10.9. The zero-order valence-corrected chi connectivity index (χ0v) is 13.2. The summed E-state index contributed by atoms with van der Waals surface area (Å²) in [5.41, 5.74) is 1.80. The fourth-order valence-corrected chi connectivity index (χ4v) is 2.32. The summed E-state index contributed by atoms with van der Waals surface area (Å²) in [5.74, 6) is -0.187. The van der Waals surface area contributed by atoms with Crippen molar-refractivity contribution in [2.24, 2.45) is 0 Å². The number of nitrogens with one attached hydrogen (secondary N) is 2. The van der Waals surface area contributed by atoms with Gasteiger partial charge in [0.05, 0.1) is 28.9 Å². The minimum absolute atomic E-state index is 0.0815. The first-order valence-electron chi connectivity index (χ1n) is 6.07. The second kappa shape index (κ2) is 7.11. The maximum Gasteiger partial charge on any atom is 0.243 e. The Balaban J connectivity index is 1.94. The molecule has 0 saturated carbocycles. The van der Waals surface area contributed by atoms with Gasteiger partial charge in [-0.15, -0.1) is 0 Å². The molecule has 0 saturated heterocycles. The average Bonchev–Trinajstić information content (AvgIpc) is 2.46. The van der Waals surface area contributed by atoms with Crippen LogP contribution in [0.4, 0.5) is 11.4 Å². The first kappa shape index (κ1) is 15.4. The topological polar surface area (TPSA) is 64.9 Å². The van der Waals surface area contributed by atoms with Gasteiger partial charge in [0.2, 0.25) is 5.91 Å². The molecule has 21 heavy (non-hydrogen) atoms. The molecule has 0 unspecified atom stereocenters. The standard InChI is InChI=1S/C15H11BrClN3O/c16-11-2-1-3-12(7-11)20-15(21)9-19-14-5-4-10(8-18)6-13(14)17/h1-7,19H,9H2,(H,20,21). The molecule has 0 heterocycles. The van der Waals surface area contributed by atoms with Crippen LogP contribution in [-0.4, -0.2) is 12.5 Å². The van der Waals surface area contributed by atoms with Gasteiger partial charge in [-0.05, 0) is 36.4 Å². The highest BCUT2D eigenvalue weighted by atomic mass is 79.9. The Morgan fingerprint density at radius 2 is 2.10 bits per heavy atom. The first-order valence-corrected chi connectivity index (χ1v) is 7.24. The maximum absolute atomic E-state index is 11.8. The number of hydrogen-bond donors (Lipinski definition) is 2. The van der Waals surface area contributed by atoms with E-state index in [2.05, 4.69) is 26.6 Å². The Labute approximate surface area is 135 Å². The Kier molecular flexibility index (Phi) is 5.20. The largest absolute Gasteiger partial charge is 0.375 e. The molecular weight excluding hydrogens is 354 g/mol. The Morgan fingerprint density at radius 1 is 1.29 bits per heavy atom. The fraction of sp³-hybridized carbons (Fsp3) is 0.0667. The highest BCUT2D eigenvalue weighted by Crippen LogP contribution is 2.22. The molecule has 2 rings (SSSR count). The molecule has 4 nitrogen and oxygen atoms in total. The second-order valence-electron chi connectivity index (χ2n) is 4.22. The molecule has 2 aromatic carbocycles. The number of nitriles is 1. The van der Waals surface area contributed by atoms with Crippen molar-refractivity contribution in [2.75, 3.05) is 17.2 Å². The molecule has 0 spiro atoms. The van der Waals surface area contributed by atoms with Gasteiger partial charge in [0.25, 0.3) is 0 Å². The molecule has 0 radical (unpaired) electrons. The smallest absolute Gasteiger partial charge is 0.243 e. The first-order chi connectivity index (χ1) is 10.1. The summed E-state index contributed by atoms with van der Waals surface area (Å²) < 4.78 is 0.892. The van der Waals surface area contributed by atoms with Crippen LogP contribution in [0, 0.1) is 11.3 Å². The van der Waals surface area contributed by atoms with Crippen molar-refractivity contribution in [1.82, 2.24) is 0 Å². The van der Waals surface area contributed by atoms with E-state index in [0.717, 1.165) is 4.47 Å². The highest BCUT2D eigenvalue weighted by molar-refractivity contribution is 9.10. The van der Waals surface area contributed by atoms with Gasteiger partial charge in [0.15, 0.2) is 0 Å². The summed E-state index contributed by atoms with van der Waals surface area (Å²) >= 11 is 9.36. The van der Waals surface area contributed by atoms with Gasteiger partial charge in [-0.2, -0.15) is 5.26 Å². The fourth-order valence-electron chi connectivity index (χ4n) is 1.67. The monoisotopic (exact) mass is 363 g/mol. The predicted octanol–water partition coefficient (Wildman–Crippen LogP) is 4.02. The van der Waals surface area contributed by atoms with Gasteiger partial charge in [-0.1, -0.05) is 33.6 Å². The third-order valence-electron chi connectivity index (χ3n) is 2.65. The zero-order chi connectivity index (χ0) is 15.2. The number of nitrogens with zero attached hydrogens (tertiary/aromatic N) is 1. The molecular formula is C15H11BrClN3O. The maximum atomic E-state index is 11.8. The lowest BCUT2D eigenvalue weighted by atomic mass is 10.2. The van der Waals surface area contributed by atoms with Crippen molar-refractivity contribution >= 4 is 44.8 Å². The average molecular weight is 365 g/mol. The summed E-state index contributed by atoms with van der Waals surface area (Å²) in [7, 11) is 0. The Morgan fingerprint density at radius 3 is 2.76 bits per heavy atom. The molecule has 0 fully saturated rings. The van der Waals surface area contributed by atoms with Gasteiger partial charge >= 0.3 is 0 Å². The number of hydrogen-bond acceptors (Lipinski definition) is 3. The van der Waals surface area contributed by atoms with Gasteiger partial charge in [0.1, 0.15) is 0 Å². The molecule has 6 heteroatoms.